The normalized spacial score (nSPS) is 9.83. The summed E-state index contributed by atoms with van der Waals surface area (Å²) in [4.78, 5) is 39.3. The van der Waals surface area contributed by atoms with Crippen LogP contribution in [0.25, 0.3) is 0 Å². The molecule has 23 heavy (non-hydrogen) atoms. The van der Waals surface area contributed by atoms with Gasteiger partial charge in [0.1, 0.15) is 11.4 Å². The Labute approximate surface area is 132 Å². The number of methoxy groups -OCH3 is 2. The molecule has 2 rings (SSSR count). The number of hydrogen-bond acceptors (Lipinski definition) is 6. The summed E-state index contributed by atoms with van der Waals surface area (Å²) in [5, 5.41) is 2.57. The standard InChI is InChI=1S/C16H14N2O5/c1-22-15(20)10-6-3-4-7-11(10)18-14(19)12-8-5-9-13(17-12)16(21)23-2/h3-9H,1-2H3,(H,18,19). The number of carbonyl (C=O) groups excluding carboxylic acids is 3. The van der Waals surface area contributed by atoms with E-state index in [1.54, 1.807) is 18.2 Å². The van der Waals surface area contributed by atoms with Crippen LogP contribution in [0.4, 0.5) is 5.69 Å². The summed E-state index contributed by atoms with van der Waals surface area (Å²) in [6.07, 6.45) is 0. The molecule has 1 N–H and O–H groups in total. The Balaban J connectivity index is 2.27. The Bertz CT molecular complexity index is 758. The molecule has 7 heteroatoms. The molecule has 0 saturated carbocycles. The van der Waals surface area contributed by atoms with Gasteiger partial charge in [0, 0.05) is 0 Å². The van der Waals surface area contributed by atoms with Gasteiger partial charge >= 0.3 is 11.9 Å². The molecule has 0 fully saturated rings. The van der Waals surface area contributed by atoms with Gasteiger partial charge in [-0.1, -0.05) is 18.2 Å². The highest BCUT2D eigenvalue weighted by atomic mass is 16.5. The van der Waals surface area contributed by atoms with Crippen LogP contribution in [0.15, 0.2) is 42.5 Å². The van der Waals surface area contributed by atoms with Crippen molar-refractivity contribution in [3.05, 3.63) is 59.4 Å². The summed E-state index contributed by atoms with van der Waals surface area (Å²) in [7, 11) is 2.48. The van der Waals surface area contributed by atoms with Crippen molar-refractivity contribution in [1.29, 1.82) is 0 Å². The van der Waals surface area contributed by atoms with Crippen LogP contribution in [-0.4, -0.2) is 37.0 Å². The topological polar surface area (TPSA) is 94.6 Å². The minimum Gasteiger partial charge on any atom is -0.465 e. The van der Waals surface area contributed by atoms with Crippen LogP contribution in [-0.2, 0) is 9.47 Å². The van der Waals surface area contributed by atoms with Gasteiger partial charge in [-0.15, -0.1) is 0 Å². The predicted octanol–water partition coefficient (Wildman–Crippen LogP) is 1.91. The predicted molar refractivity (Wildman–Crippen MR) is 81.3 cm³/mol. The molecule has 1 aromatic carbocycles. The van der Waals surface area contributed by atoms with Gasteiger partial charge in [0.15, 0.2) is 0 Å². The lowest BCUT2D eigenvalue weighted by molar-refractivity contribution is 0.0588. The Morgan fingerprint density at radius 1 is 0.870 bits per heavy atom. The summed E-state index contributed by atoms with van der Waals surface area (Å²) < 4.78 is 9.22. The second kappa shape index (κ2) is 7.17. The number of ether oxygens (including phenoxy) is 2. The maximum Gasteiger partial charge on any atom is 0.356 e. The fourth-order valence-corrected chi connectivity index (χ4v) is 1.85. The van der Waals surface area contributed by atoms with E-state index in [1.165, 1.54) is 38.5 Å². The first-order valence-electron chi connectivity index (χ1n) is 6.61. The van der Waals surface area contributed by atoms with E-state index in [9.17, 15) is 14.4 Å². The minimum atomic E-state index is -0.644. The second-order valence-electron chi connectivity index (χ2n) is 4.39. The first-order chi connectivity index (χ1) is 11.1. The molecule has 0 bridgehead atoms. The summed E-state index contributed by atoms with van der Waals surface area (Å²) >= 11 is 0. The molecular weight excluding hydrogens is 300 g/mol. The Kier molecular flexibility index (Phi) is 5.03. The van der Waals surface area contributed by atoms with Crippen LogP contribution in [0.1, 0.15) is 31.3 Å². The van der Waals surface area contributed by atoms with E-state index in [0.717, 1.165) is 0 Å². The van der Waals surface area contributed by atoms with Crippen LogP contribution in [0, 0.1) is 0 Å². The number of nitrogens with one attached hydrogen (secondary N) is 1. The van der Waals surface area contributed by atoms with Crippen molar-refractivity contribution in [2.45, 2.75) is 0 Å². The molecule has 0 aliphatic carbocycles. The number of esters is 2. The molecule has 7 nitrogen and oxygen atoms in total. The number of carbonyl (C=O) groups is 3. The quantitative estimate of drug-likeness (QED) is 0.866. The highest BCUT2D eigenvalue weighted by molar-refractivity contribution is 6.07. The zero-order chi connectivity index (χ0) is 16.8. The zero-order valence-electron chi connectivity index (χ0n) is 12.5. The third kappa shape index (κ3) is 3.70. The lowest BCUT2D eigenvalue weighted by Crippen LogP contribution is -2.18. The van der Waals surface area contributed by atoms with E-state index in [0.29, 0.717) is 0 Å². The molecule has 0 radical (unpaired) electrons. The van der Waals surface area contributed by atoms with Gasteiger partial charge in [0.2, 0.25) is 0 Å². The van der Waals surface area contributed by atoms with Crippen LogP contribution in [0.2, 0.25) is 0 Å². The molecule has 0 aliphatic rings. The average molecular weight is 314 g/mol. The van der Waals surface area contributed by atoms with E-state index in [-0.39, 0.29) is 22.6 Å². The number of rotatable bonds is 4. The summed E-state index contributed by atoms with van der Waals surface area (Å²) in [6.45, 7) is 0. The number of para-hydroxylation sites is 1. The van der Waals surface area contributed by atoms with Gasteiger partial charge in [-0.3, -0.25) is 4.79 Å². The number of anilines is 1. The zero-order valence-corrected chi connectivity index (χ0v) is 12.5. The number of pyridine rings is 1. The molecule has 1 aromatic heterocycles. The maximum atomic E-state index is 12.3. The Morgan fingerprint density at radius 2 is 1.52 bits per heavy atom. The first kappa shape index (κ1) is 16.2. The van der Waals surface area contributed by atoms with E-state index in [2.05, 4.69) is 19.8 Å². The molecule has 1 heterocycles. The summed E-state index contributed by atoms with van der Waals surface area (Å²) in [6, 6.07) is 10.8. The van der Waals surface area contributed by atoms with Gasteiger partial charge in [0.25, 0.3) is 5.91 Å². The third-order valence-corrected chi connectivity index (χ3v) is 2.96. The highest BCUT2D eigenvalue weighted by Gasteiger charge is 2.16. The fourth-order valence-electron chi connectivity index (χ4n) is 1.85. The van der Waals surface area contributed by atoms with Crippen molar-refractivity contribution in [3.63, 3.8) is 0 Å². The van der Waals surface area contributed by atoms with Crippen molar-refractivity contribution in [2.24, 2.45) is 0 Å². The smallest absolute Gasteiger partial charge is 0.356 e. The lowest BCUT2D eigenvalue weighted by Gasteiger charge is -2.09. The van der Waals surface area contributed by atoms with Crippen molar-refractivity contribution < 1.29 is 23.9 Å². The maximum absolute atomic E-state index is 12.3. The van der Waals surface area contributed by atoms with E-state index in [1.807, 2.05) is 0 Å². The number of amides is 1. The van der Waals surface area contributed by atoms with Gasteiger partial charge in [-0.25, -0.2) is 14.6 Å². The molecule has 0 unspecified atom stereocenters. The number of aromatic nitrogens is 1. The second-order valence-corrected chi connectivity index (χ2v) is 4.39. The molecular formula is C16H14N2O5. The molecule has 118 valence electrons. The summed E-state index contributed by atoms with van der Waals surface area (Å²) in [5.41, 5.74) is 0.538. The van der Waals surface area contributed by atoms with E-state index in [4.69, 9.17) is 0 Å². The molecule has 2 aromatic rings. The van der Waals surface area contributed by atoms with Crippen molar-refractivity contribution in [2.75, 3.05) is 19.5 Å². The van der Waals surface area contributed by atoms with Crippen molar-refractivity contribution in [1.82, 2.24) is 4.98 Å². The number of nitrogens with zero attached hydrogens (tertiary/aromatic N) is 1. The van der Waals surface area contributed by atoms with Crippen LogP contribution in [0.5, 0.6) is 0 Å². The van der Waals surface area contributed by atoms with Gasteiger partial charge in [-0.05, 0) is 24.3 Å². The largest absolute Gasteiger partial charge is 0.465 e. The Hall–Kier alpha value is -3.22. The van der Waals surface area contributed by atoms with Crippen molar-refractivity contribution in [3.8, 4) is 0 Å². The molecule has 0 aliphatic heterocycles. The van der Waals surface area contributed by atoms with Crippen LogP contribution >= 0.6 is 0 Å². The monoisotopic (exact) mass is 314 g/mol. The fraction of sp³-hybridized carbons (Fsp3) is 0.125. The first-order valence-corrected chi connectivity index (χ1v) is 6.61. The molecule has 1 amide bonds. The van der Waals surface area contributed by atoms with Crippen LogP contribution in [0.3, 0.4) is 0 Å². The lowest BCUT2D eigenvalue weighted by atomic mass is 10.1. The Morgan fingerprint density at radius 3 is 2.22 bits per heavy atom. The SMILES string of the molecule is COC(=O)c1cccc(C(=O)Nc2ccccc2C(=O)OC)n1. The van der Waals surface area contributed by atoms with E-state index >= 15 is 0 Å². The number of benzene rings is 1. The van der Waals surface area contributed by atoms with Crippen LogP contribution < -0.4 is 5.32 Å². The average Bonchev–Trinajstić information content (AvgIpc) is 2.60. The summed E-state index contributed by atoms with van der Waals surface area (Å²) in [5.74, 6) is -1.78. The molecule has 0 spiro atoms. The highest BCUT2D eigenvalue weighted by Crippen LogP contribution is 2.17. The number of hydrogen-bond donors (Lipinski definition) is 1. The minimum absolute atomic E-state index is 0.0152. The van der Waals surface area contributed by atoms with Crippen molar-refractivity contribution >= 4 is 23.5 Å². The van der Waals surface area contributed by atoms with Gasteiger partial charge in [0.05, 0.1) is 25.5 Å². The molecule has 0 atom stereocenters. The molecule has 0 saturated heterocycles. The third-order valence-electron chi connectivity index (χ3n) is 2.96. The van der Waals surface area contributed by atoms with Gasteiger partial charge in [-0.2, -0.15) is 0 Å². The van der Waals surface area contributed by atoms with Gasteiger partial charge < -0.3 is 14.8 Å². The van der Waals surface area contributed by atoms with E-state index < -0.39 is 17.8 Å².